The van der Waals surface area contributed by atoms with Crippen LogP contribution < -0.4 is 10.1 Å². The second-order valence-corrected chi connectivity index (χ2v) is 12.5. The van der Waals surface area contributed by atoms with E-state index in [4.69, 9.17) is 19.6 Å². The third kappa shape index (κ3) is 5.72. The summed E-state index contributed by atoms with van der Waals surface area (Å²) in [5.41, 5.74) is 2.82. The number of ether oxygens (including phenoxy) is 2. The van der Waals surface area contributed by atoms with Crippen molar-refractivity contribution in [2.75, 3.05) is 27.4 Å². The number of benzene rings is 1. The average molecular weight is 636 g/mol. The number of methoxy groups -OCH3 is 1. The summed E-state index contributed by atoms with van der Waals surface area (Å²) in [6.45, 7) is 6.70. The monoisotopic (exact) mass is 635 g/mol. The summed E-state index contributed by atoms with van der Waals surface area (Å²) in [6.07, 6.45) is 4.01. The Balaban J connectivity index is 1.58. The molecule has 1 aliphatic carbocycles. The predicted molar refractivity (Wildman–Crippen MR) is 168 cm³/mol. The van der Waals surface area contributed by atoms with Crippen molar-refractivity contribution in [2.45, 2.75) is 57.2 Å². The van der Waals surface area contributed by atoms with Crippen LogP contribution in [0.25, 0.3) is 32.6 Å². The van der Waals surface area contributed by atoms with E-state index in [2.05, 4.69) is 11.9 Å². The molecule has 4 aromatic rings. The first-order valence-electron chi connectivity index (χ1n) is 14.9. The molecule has 0 radical (unpaired) electrons. The van der Waals surface area contributed by atoms with Crippen molar-refractivity contribution < 1.29 is 27.8 Å². The minimum absolute atomic E-state index is 0.0381. The number of thiophene rings is 1. The fourth-order valence-electron chi connectivity index (χ4n) is 6.17. The molecule has 1 fully saturated rings. The van der Waals surface area contributed by atoms with E-state index < -0.39 is 11.6 Å². The fraction of sp³-hybridized carbons (Fsp3) is 0.394. The molecule has 2 amide bonds. The van der Waals surface area contributed by atoms with Crippen molar-refractivity contribution in [3.05, 3.63) is 65.3 Å². The minimum Gasteiger partial charge on any atom is -0.490 e. The van der Waals surface area contributed by atoms with Crippen molar-refractivity contribution >= 4 is 33.2 Å². The highest BCUT2D eigenvalue weighted by Crippen LogP contribution is 2.56. The van der Waals surface area contributed by atoms with Crippen LogP contribution in [0.1, 0.15) is 44.0 Å². The molecule has 0 spiro atoms. The maximum absolute atomic E-state index is 16.0. The second-order valence-electron chi connectivity index (χ2n) is 11.6. The summed E-state index contributed by atoms with van der Waals surface area (Å²) < 4.78 is 44.2. The number of carbonyl (C=O) groups excluding carboxylic acids is 2. The van der Waals surface area contributed by atoms with Gasteiger partial charge in [0.15, 0.2) is 0 Å². The van der Waals surface area contributed by atoms with Gasteiger partial charge in [-0.1, -0.05) is 6.58 Å². The molecule has 0 saturated heterocycles. The zero-order chi connectivity index (χ0) is 31.9. The number of carbonyl (C=O) groups is 2. The minimum atomic E-state index is -0.783. The highest BCUT2D eigenvalue weighted by Gasteiger charge is 2.47. The number of nitrogens with zero attached hydrogens (tertiary/aromatic N) is 4. The van der Waals surface area contributed by atoms with Crippen LogP contribution in [0, 0.1) is 11.6 Å². The van der Waals surface area contributed by atoms with Crippen molar-refractivity contribution in [1.29, 1.82) is 0 Å². The van der Waals surface area contributed by atoms with Crippen molar-refractivity contribution in [1.82, 2.24) is 25.0 Å². The van der Waals surface area contributed by atoms with Gasteiger partial charge in [0.05, 0.1) is 36.6 Å². The standard InChI is InChI=1S/C33H35F2N5O4S/c1-5-27(42)39-18-21-16-24(38-40(21)17-19(39)2)30-29(28-23(35)14-20(34)15-25(28)44-12-11-43-4)31-22(7-13-45-31)32(37-30)33(9-10-33)8-6-26(41)36-3/h5,7,13-16,19H,1,6,8-12,17-18H2,2-4H3,(H,36,41)/t19-/m1/s1. The first-order chi connectivity index (χ1) is 21.7. The zero-order valence-electron chi connectivity index (χ0n) is 25.5. The van der Waals surface area contributed by atoms with Crippen LogP contribution >= 0.6 is 11.3 Å². The van der Waals surface area contributed by atoms with Crippen LogP contribution in [0.15, 0.2) is 42.3 Å². The van der Waals surface area contributed by atoms with Gasteiger partial charge in [0.2, 0.25) is 11.8 Å². The maximum atomic E-state index is 16.0. The van der Waals surface area contributed by atoms with E-state index in [0.29, 0.717) is 42.9 Å². The molecule has 0 bridgehead atoms. The molecule has 12 heteroatoms. The second kappa shape index (κ2) is 12.3. The summed E-state index contributed by atoms with van der Waals surface area (Å²) in [4.78, 5) is 31.8. The summed E-state index contributed by atoms with van der Waals surface area (Å²) >= 11 is 1.44. The number of amides is 2. The molecule has 1 aliphatic heterocycles. The SMILES string of the molecule is C=CC(=O)N1Cc2cc(-c3nc(C4(CCC(=O)NC)CC4)c4ccsc4c3-c3c(F)cc(F)cc3OCCOC)nn2C[C@H]1C. The Kier molecular flexibility index (Phi) is 8.45. The molecule has 9 nitrogen and oxygen atoms in total. The number of hydrogen-bond acceptors (Lipinski definition) is 7. The Morgan fingerprint density at radius 2 is 2.02 bits per heavy atom. The quantitative estimate of drug-likeness (QED) is 0.170. The van der Waals surface area contributed by atoms with E-state index in [0.717, 1.165) is 40.4 Å². The van der Waals surface area contributed by atoms with Gasteiger partial charge in [-0.2, -0.15) is 5.10 Å². The van der Waals surface area contributed by atoms with Gasteiger partial charge < -0.3 is 19.7 Å². The summed E-state index contributed by atoms with van der Waals surface area (Å²) in [6, 6.07) is 5.76. The lowest BCUT2D eigenvalue weighted by atomic mass is 9.90. The number of nitrogens with one attached hydrogen (secondary N) is 1. The molecule has 1 aromatic carbocycles. The molecule has 1 atom stereocenters. The van der Waals surface area contributed by atoms with E-state index >= 15 is 4.39 Å². The van der Waals surface area contributed by atoms with Crippen LogP contribution in [-0.4, -0.2) is 64.9 Å². The van der Waals surface area contributed by atoms with Crippen LogP contribution in [0.3, 0.4) is 0 Å². The van der Waals surface area contributed by atoms with Crippen LogP contribution in [0.4, 0.5) is 8.78 Å². The normalized spacial score (nSPS) is 16.8. The van der Waals surface area contributed by atoms with E-state index in [1.54, 1.807) is 11.9 Å². The van der Waals surface area contributed by atoms with Gasteiger partial charge in [-0.05, 0) is 49.8 Å². The van der Waals surface area contributed by atoms with Gasteiger partial charge in [0.1, 0.15) is 35.4 Å². The molecule has 0 unspecified atom stereocenters. The Hall–Kier alpha value is -4.16. The van der Waals surface area contributed by atoms with Gasteiger partial charge >= 0.3 is 0 Å². The summed E-state index contributed by atoms with van der Waals surface area (Å²) in [5.74, 6) is -1.72. The molecule has 1 saturated carbocycles. The van der Waals surface area contributed by atoms with E-state index in [-0.39, 0.29) is 47.8 Å². The lowest BCUT2D eigenvalue weighted by molar-refractivity contribution is -0.129. The van der Waals surface area contributed by atoms with Crippen molar-refractivity contribution in [3.8, 4) is 28.3 Å². The Morgan fingerprint density at radius 3 is 2.73 bits per heavy atom. The Morgan fingerprint density at radius 1 is 1.22 bits per heavy atom. The summed E-state index contributed by atoms with van der Waals surface area (Å²) in [7, 11) is 3.15. The molecular formula is C33H35F2N5O4S. The van der Waals surface area contributed by atoms with E-state index in [1.807, 2.05) is 29.1 Å². The number of fused-ring (bicyclic) bond motifs is 2. The van der Waals surface area contributed by atoms with Gasteiger partial charge in [0.25, 0.3) is 0 Å². The first kappa shape index (κ1) is 30.8. The predicted octanol–water partition coefficient (Wildman–Crippen LogP) is 5.60. The van der Waals surface area contributed by atoms with E-state index in [9.17, 15) is 14.0 Å². The van der Waals surface area contributed by atoms with Crippen LogP contribution in [-0.2, 0) is 32.8 Å². The van der Waals surface area contributed by atoms with Gasteiger partial charge in [-0.25, -0.2) is 13.8 Å². The van der Waals surface area contributed by atoms with Gasteiger partial charge in [-0.3, -0.25) is 14.3 Å². The van der Waals surface area contributed by atoms with Gasteiger partial charge in [0, 0.05) is 59.8 Å². The van der Waals surface area contributed by atoms with Gasteiger partial charge in [-0.15, -0.1) is 11.3 Å². The molecule has 236 valence electrons. The topological polar surface area (TPSA) is 98.6 Å². The molecule has 2 aliphatic rings. The zero-order valence-corrected chi connectivity index (χ0v) is 26.3. The number of halogens is 2. The molecule has 6 rings (SSSR count). The molecule has 1 N–H and O–H groups in total. The number of aromatic nitrogens is 3. The van der Waals surface area contributed by atoms with Crippen molar-refractivity contribution in [3.63, 3.8) is 0 Å². The highest BCUT2D eigenvalue weighted by atomic mass is 32.1. The third-order valence-corrected chi connectivity index (χ3v) is 9.68. The van der Waals surface area contributed by atoms with E-state index in [1.165, 1.54) is 30.6 Å². The van der Waals surface area contributed by atoms with Crippen LogP contribution in [0.2, 0.25) is 0 Å². The largest absolute Gasteiger partial charge is 0.490 e. The number of hydrogen-bond donors (Lipinski definition) is 1. The Labute approximate surface area is 263 Å². The highest BCUT2D eigenvalue weighted by molar-refractivity contribution is 7.17. The Bertz CT molecular complexity index is 1800. The smallest absolute Gasteiger partial charge is 0.246 e. The third-order valence-electron chi connectivity index (χ3n) is 8.75. The first-order valence-corrected chi connectivity index (χ1v) is 15.8. The molecular weight excluding hydrogens is 600 g/mol. The fourth-order valence-corrected chi connectivity index (χ4v) is 7.12. The lowest BCUT2D eigenvalue weighted by Gasteiger charge is -2.33. The van der Waals surface area contributed by atoms with Crippen molar-refractivity contribution in [2.24, 2.45) is 0 Å². The van der Waals surface area contributed by atoms with Crippen LogP contribution in [0.5, 0.6) is 5.75 Å². The maximum Gasteiger partial charge on any atom is 0.246 e. The molecule has 4 heterocycles. The molecule has 45 heavy (non-hydrogen) atoms. The lowest BCUT2D eigenvalue weighted by Crippen LogP contribution is -2.44. The molecule has 3 aromatic heterocycles. The number of pyridine rings is 1. The summed E-state index contributed by atoms with van der Waals surface area (Å²) in [5, 5.41) is 10.4. The average Bonchev–Trinajstić information content (AvgIpc) is 3.44. The number of rotatable bonds is 11.